The summed E-state index contributed by atoms with van der Waals surface area (Å²) in [6, 6.07) is 17.0. The molecule has 0 spiro atoms. The molecule has 4 heterocycles. The average Bonchev–Trinajstić information content (AvgIpc) is 3.82. The maximum atomic E-state index is 14.2. The molecular formula is C40H49F3N8O7. The first-order valence-electron chi connectivity index (χ1n) is 18.7. The summed E-state index contributed by atoms with van der Waals surface area (Å²) < 4.78 is 39.4. The Kier molecular flexibility index (Phi) is 15.6. The van der Waals surface area contributed by atoms with Crippen LogP contribution < -0.4 is 26.0 Å². The molecule has 2 aliphatic heterocycles. The van der Waals surface area contributed by atoms with E-state index in [1.54, 1.807) is 37.4 Å². The van der Waals surface area contributed by atoms with Crippen molar-refractivity contribution in [3.63, 3.8) is 0 Å². The number of hydrogen-bond acceptors (Lipinski definition) is 8. The summed E-state index contributed by atoms with van der Waals surface area (Å²) in [6.45, 7) is 9.92. The zero-order chi connectivity index (χ0) is 42.6. The van der Waals surface area contributed by atoms with Crippen molar-refractivity contribution in [2.24, 2.45) is 11.8 Å². The second kappa shape index (κ2) is 20.3. The number of aliphatic carboxylic acids is 1. The van der Waals surface area contributed by atoms with Crippen LogP contribution in [0.15, 0.2) is 72.9 Å². The third-order valence-corrected chi connectivity index (χ3v) is 8.90. The second-order valence-corrected chi connectivity index (χ2v) is 14.6. The van der Waals surface area contributed by atoms with E-state index in [0.29, 0.717) is 35.4 Å². The Morgan fingerprint density at radius 1 is 0.948 bits per heavy atom. The number of alkyl halides is 3. The number of benzene rings is 2. The Morgan fingerprint density at radius 3 is 2.21 bits per heavy atom. The van der Waals surface area contributed by atoms with Crippen molar-refractivity contribution in [2.75, 3.05) is 6.61 Å². The molecule has 6 rings (SSSR count). The molecule has 0 radical (unpaired) electrons. The minimum atomic E-state index is -5.08. The zero-order valence-corrected chi connectivity index (χ0v) is 32.8. The van der Waals surface area contributed by atoms with Gasteiger partial charge in [0.15, 0.2) is 5.82 Å². The molecule has 4 aromatic rings. The Balaban J connectivity index is 0.000000973. The Labute approximate surface area is 333 Å². The van der Waals surface area contributed by atoms with Gasteiger partial charge in [-0.1, -0.05) is 70.2 Å². The molecule has 0 saturated carbocycles. The number of carboxylic acid groups (broad SMARTS) is 1. The van der Waals surface area contributed by atoms with Gasteiger partial charge in [0.25, 0.3) is 5.91 Å². The van der Waals surface area contributed by atoms with Crippen LogP contribution in [0.25, 0.3) is 0 Å². The number of carbonyl (C=O) groups excluding carboxylic acids is 4. The maximum Gasteiger partial charge on any atom is 0.490 e. The van der Waals surface area contributed by atoms with E-state index < -0.39 is 48.0 Å². The number of H-pyrrole nitrogens is 1. The van der Waals surface area contributed by atoms with Gasteiger partial charge in [0.05, 0.1) is 12.1 Å². The number of amides is 4. The Bertz CT molecular complexity index is 1980. The number of aromatic nitrogens is 4. The topological polar surface area (TPSA) is 209 Å². The number of hydrogen-bond donors (Lipinski definition) is 6. The van der Waals surface area contributed by atoms with E-state index in [0.717, 1.165) is 11.1 Å². The van der Waals surface area contributed by atoms with Gasteiger partial charge in [-0.3, -0.25) is 19.2 Å². The molecule has 6 N–H and O–H groups in total. The highest BCUT2D eigenvalue weighted by molar-refractivity contribution is 5.97. The van der Waals surface area contributed by atoms with Crippen LogP contribution in [0.5, 0.6) is 5.75 Å². The molecule has 0 unspecified atom stereocenters. The van der Waals surface area contributed by atoms with Crippen molar-refractivity contribution in [1.29, 1.82) is 0 Å². The Hall–Kier alpha value is -6.20. The highest BCUT2D eigenvalue weighted by atomic mass is 19.4. The minimum Gasteiger partial charge on any atom is -0.491 e. The number of nitrogens with zero attached hydrogens (tertiary/aromatic N) is 3. The third-order valence-electron chi connectivity index (χ3n) is 8.90. The molecule has 2 aromatic carbocycles. The number of halogens is 3. The summed E-state index contributed by atoms with van der Waals surface area (Å²) in [7, 11) is 0. The molecule has 15 nitrogen and oxygen atoms in total. The predicted molar refractivity (Wildman–Crippen MR) is 205 cm³/mol. The largest absolute Gasteiger partial charge is 0.491 e. The van der Waals surface area contributed by atoms with E-state index in [1.165, 1.54) is 4.68 Å². The van der Waals surface area contributed by atoms with Gasteiger partial charge in [0.2, 0.25) is 17.7 Å². The van der Waals surface area contributed by atoms with Crippen LogP contribution in [-0.2, 0) is 38.6 Å². The number of ether oxygens (including phenoxy) is 1. The number of aromatic amines is 1. The lowest BCUT2D eigenvalue weighted by Gasteiger charge is -2.27. The summed E-state index contributed by atoms with van der Waals surface area (Å²) >= 11 is 0. The van der Waals surface area contributed by atoms with Gasteiger partial charge in [0.1, 0.15) is 42.5 Å². The molecule has 0 saturated heterocycles. The number of aryl methyl sites for hydroxylation is 1. The molecule has 2 aromatic heterocycles. The van der Waals surface area contributed by atoms with Gasteiger partial charge in [-0.25, -0.2) is 14.5 Å². The lowest BCUT2D eigenvalue weighted by molar-refractivity contribution is -0.192. The molecule has 2 aliphatic rings. The third kappa shape index (κ3) is 13.5. The number of nitrogens with one attached hydrogen (secondary N) is 5. The molecule has 58 heavy (non-hydrogen) atoms. The minimum absolute atomic E-state index is 0.106. The number of carbonyl (C=O) groups is 5. The van der Waals surface area contributed by atoms with Crippen LogP contribution in [0.2, 0.25) is 0 Å². The summed E-state index contributed by atoms with van der Waals surface area (Å²) in [5.41, 5.74) is 1.91. The van der Waals surface area contributed by atoms with Crippen molar-refractivity contribution in [1.82, 2.24) is 41.0 Å². The van der Waals surface area contributed by atoms with E-state index in [-0.39, 0.29) is 43.9 Å². The van der Waals surface area contributed by atoms with E-state index in [4.69, 9.17) is 14.6 Å². The van der Waals surface area contributed by atoms with Crippen LogP contribution in [-0.4, -0.2) is 85.4 Å². The standard InChI is InChI=1S/C38H48N8O5.C2HF3O2/c1-23(2)18-28-22-51-29-15-13-27(14-16-29)20-31(42-36(48)30-12-9-17-39-30)37(49)43-32(19-26-10-7-6-8-11-26)38(50)44-34(24(3)4)35-40-25(5)45-46(35)21-33(47)41-28;3-2(4,5)1(6)7/h6-17,23-24,28,31-32,34,39H,18-22H2,1-5H3,(H,41,47)(H,42,48)(H,43,49)(H,44,50);(H,6,7)/t28-,31-,32-,34-;/m0./s1. The van der Waals surface area contributed by atoms with Crippen molar-refractivity contribution in [2.45, 2.75) is 90.8 Å². The van der Waals surface area contributed by atoms with E-state index in [9.17, 15) is 32.3 Å². The molecule has 0 fully saturated rings. The van der Waals surface area contributed by atoms with Gasteiger partial charge in [-0.05, 0) is 60.6 Å². The number of rotatable bonds is 7. The quantitative estimate of drug-likeness (QED) is 0.159. The molecule has 18 heteroatoms. The molecule has 4 atom stereocenters. The van der Waals surface area contributed by atoms with Gasteiger partial charge in [-0.2, -0.15) is 18.3 Å². The molecular weight excluding hydrogens is 761 g/mol. The molecule has 4 amide bonds. The van der Waals surface area contributed by atoms with Crippen LogP contribution in [0, 0.1) is 18.8 Å². The van der Waals surface area contributed by atoms with Gasteiger partial charge in [-0.15, -0.1) is 0 Å². The smallest absolute Gasteiger partial charge is 0.490 e. The predicted octanol–water partition coefficient (Wildman–Crippen LogP) is 4.05. The van der Waals surface area contributed by atoms with Gasteiger partial charge >= 0.3 is 12.1 Å². The first kappa shape index (κ1) is 44.5. The summed E-state index contributed by atoms with van der Waals surface area (Å²) in [5, 5.41) is 23.6. The Morgan fingerprint density at radius 2 is 1.62 bits per heavy atom. The molecule has 2 bridgehead atoms. The summed E-state index contributed by atoms with van der Waals surface area (Å²) in [6.07, 6.45) is -2.41. The fourth-order valence-corrected chi connectivity index (χ4v) is 6.15. The van der Waals surface area contributed by atoms with Crippen LogP contribution in [0.4, 0.5) is 13.2 Å². The average molecular weight is 811 g/mol. The van der Waals surface area contributed by atoms with E-state index >= 15 is 0 Å². The molecule has 312 valence electrons. The van der Waals surface area contributed by atoms with E-state index in [2.05, 4.69) is 50.2 Å². The van der Waals surface area contributed by atoms with Gasteiger partial charge in [0, 0.05) is 19.0 Å². The maximum absolute atomic E-state index is 14.2. The lowest BCUT2D eigenvalue weighted by Crippen LogP contribution is -2.55. The highest BCUT2D eigenvalue weighted by Crippen LogP contribution is 2.22. The second-order valence-electron chi connectivity index (χ2n) is 14.6. The van der Waals surface area contributed by atoms with Crippen LogP contribution in [0.1, 0.15) is 73.4 Å². The first-order chi connectivity index (χ1) is 27.4. The normalized spacial score (nSPS) is 19.4. The lowest BCUT2D eigenvalue weighted by atomic mass is 10.00. The van der Waals surface area contributed by atoms with Crippen molar-refractivity contribution >= 4 is 29.6 Å². The number of fused-ring (bicyclic) bond motifs is 14. The SMILES string of the molecule is Cc1nc2n(n1)CC(=O)N[C@@H](CC(C)C)COc1ccc(cc1)C[C@H](NC(=O)c1ccc[nH]1)C(=O)N[C@@H](Cc1ccccc1)C(=O)N[C@H]2C(C)C.O=C(O)C(F)(F)F. The summed E-state index contributed by atoms with van der Waals surface area (Å²) in [4.78, 5) is 71.4. The van der Waals surface area contributed by atoms with Crippen LogP contribution >= 0.6 is 0 Å². The fraction of sp³-hybridized carbons (Fsp3) is 0.425. The van der Waals surface area contributed by atoms with Crippen molar-refractivity contribution in [3.05, 3.63) is 101 Å². The highest BCUT2D eigenvalue weighted by Gasteiger charge is 2.38. The first-order valence-corrected chi connectivity index (χ1v) is 18.7. The monoisotopic (exact) mass is 810 g/mol. The van der Waals surface area contributed by atoms with Crippen molar-refractivity contribution in [3.8, 4) is 5.75 Å². The molecule has 0 aliphatic carbocycles. The fourth-order valence-electron chi connectivity index (χ4n) is 6.15. The number of carboxylic acids is 1. The van der Waals surface area contributed by atoms with Gasteiger partial charge < -0.3 is 36.1 Å². The summed E-state index contributed by atoms with van der Waals surface area (Å²) in [5.74, 6) is -2.80. The zero-order valence-electron chi connectivity index (χ0n) is 32.8. The van der Waals surface area contributed by atoms with Crippen molar-refractivity contribution < 1.29 is 47.0 Å². The van der Waals surface area contributed by atoms with E-state index in [1.807, 2.05) is 56.3 Å². The van der Waals surface area contributed by atoms with Crippen LogP contribution in [0.3, 0.4) is 0 Å².